The van der Waals surface area contributed by atoms with E-state index in [0.717, 1.165) is 25.9 Å². The van der Waals surface area contributed by atoms with Crippen LogP contribution < -0.4 is 5.73 Å². The van der Waals surface area contributed by atoms with Crippen LogP contribution in [-0.2, 0) is 4.79 Å². The molecule has 0 saturated carbocycles. The molecule has 0 aromatic heterocycles. The molecule has 0 spiro atoms. The number of carbonyl (C=O) groups excluding carboxylic acids is 1. The van der Waals surface area contributed by atoms with Gasteiger partial charge in [-0.15, -0.1) is 0 Å². The maximum Gasteiger partial charge on any atom is 0.242 e. The van der Waals surface area contributed by atoms with E-state index in [4.69, 9.17) is 5.73 Å². The number of carbonyl (C=O) groups is 1. The molecule has 0 rings (SSSR count). The second-order valence-electron chi connectivity index (χ2n) is 7.13. The van der Waals surface area contributed by atoms with Crippen LogP contribution in [0, 0.1) is 0 Å². The Balaban J connectivity index is 4.16. The molecule has 0 aliphatic rings. The molecule has 0 saturated heterocycles. The molecule has 0 aliphatic carbocycles. The number of amides is 1. The number of hydrogen-bond donors (Lipinski definition) is 2. The number of aliphatic hydroxyl groups is 1. The molecule has 0 radical (unpaired) electrons. The van der Waals surface area contributed by atoms with E-state index in [-0.39, 0.29) is 5.91 Å². The Morgan fingerprint density at radius 3 is 1.58 bits per heavy atom. The standard InChI is InChI=1S/C20H42N2O2/c1-4-6-8-10-12-14-16-22(20(24)19(21)18(3)23)17-15-13-11-9-7-5-2/h18-19,23H,4-17,21H2,1-3H3/t18?,19-/m0/s1. The van der Waals surface area contributed by atoms with Gasteiger partial charge < -0.3 is 15.7 Å². The highest BCUT2D eigenvalue weighted by Crippen LogP contribution is 2.10. The fourth-order valence-corrected chi connectivity index (χ4v) is 2.92. The molecule has 24 heavy (non-hydrogen) atoms. The molecule has 3 N–H and O–H groups in total. The van der Waals surface area contributed by atoms with E-state index in [9.17, 15) is 9.90 Å². The van der Waals surface area contributed by atoms with Crippen molar-refractivity contribution in [3.8, 4) is 0 Å². The van der Waals surface area contributed by atoms with Gasteiger partial charge in [-0.05, 0) is 19.8 Å². The van der Waals surface area contributed by atoms with Gasteiger partial charge >= 0.3 is 0 Å². The van der Waals surface area contributed by atoms with Gasteiger partial charge in [0.05, 0.1) is 6.10 Å². The third-order valence-electron chi connectivity index (χ3n) is 4.68. The first-order valence-corrected chi connectivity index (χ1v) is 10.3. The number of rotatable bonds is 16. The highest BCUT2D eigenvalue weighted by Gasteiger charge is 2.24. The maximum absolute atomic E-state index is 12.5. The van der Waals surface area contributed by atoms with Gasteiger partial charge in [0.25, 0.3) is 0 Å². The van der Waals surface area contributed by atoms with Gasteiger partial charge in [0.15, 0.2) is 0 Å². The van der Waals surface area contributed by atoms with Crippen molar-refractivity contribution in [2.75, 3.05) is 13.1 Å². The fourth-order valence-electron chi connectivity index (χ4n) is 2.92. The molecule has 2 atom stereocenters. The summed E-state index contributed by atoms with van der Waals surface area (Å²) in [7, 11) is 0. The molecule has 0 heterocycles. The van der Waals surface area contributed by atoms with Gasteiger partial charge in [0.1, 0.15) is 6.04 Å². The highest BCUT2D eigenvalue weighted by molar-refractivity contribution is 5.82. The molecule has 144 valence electrons. The third-order valence-corrected chi connectivity index (χ3v) is 4.68. The van der Waals surface area contributed by atoms with Gasteiger partial charge in [-0.3, -0.25) is 4.79 Å². The lowest BCUT2D eigenvalue weighted by atomic mass is 10.1. The first kappa shape index (κ1) is 23.4. The van der Waals surface area contributed by atoms with E-state index in [1.54, 1.807) is 6.92 Å². The average molecular weight is 343 g/mol. The molecule has 0 fully saturated rings. The zero-order valence-electron chi connectivity index (χ0n) is 16.4. The second kappa shape index (κ2) is 15.9. The Labute approximate surface area is 150 Å². The van der Waals surface area contributed by atoms with Crippen LogP contribution in [0.2, 0.25) is 0 Å². The van der Waals surface area contributed by atoms with Crippen LogP contribution in [0.5, 0.6) is 0 Å². The summed E-state index contributed by atoms with van der Waals surface area (Å²) in [6.07, 6.45) is 13.8. The highest BCUT2D eigenvalue weighted by atomic mass is 16.3. The molecular formula is C20H42N2O2. The predicted molar refractivity (Wildman–Crippen MR) is 103 cm³/mol. The first-order valence-electron chi connectivity index (χ1n) is 10.3. The van der Waals surface area contributed by atoms with Crippen LogP contribution in [0.15, 0.2) is 0 Å². The van der Waals surface area contributed by atoms with Gasteiger partial charge in [-0.25, -0.2) is 0 Å². The number of nitrogens with zero attached hydrogens (tertiary/aromatic N) is 1. The predicted octanol–water partition coefficient (Wildman–Crippen LogP) is 4.24. The summed E-state index contributed by atoms with van der Waals surface area (Å²) < 4.78 is 0. The number of hydrogen-bond acceptors (Lipinski definition) is 3. The van der Waals surface area contributed by atoms with Crippen molar-refractivity contribution in [1.82, 2.24) is 4.90 Å². The molecule has 0 aliphatic heterocycles. The maximum atomic E-state index is 12.5. The van der Waals surface area contributed by atoms with E-state index in [0.29, 0.717) is 0 Å². The number of unbranched alkanes of at least 4 members (excludes halogenated alkanes) is 10. The number of nitrogens with two attached hydrogens (primary N) is 1. The summed E-state index contributed by atoms with van der Waals surface area (Å²) in [5, 5.41) is 9.61. The van der Waals surface area contributed by atoms with Crippen molar-refractivity contribution in [2.24, 2.45) is 5.73 Å². The third kappa shape index (κ3) is 11.9. The Kier molecular flexibility index (Phi) is 15.5. The van der Waals surface area contributed by atoms with Gasteiger partial charge in [-0.2, -0.15) is 0 Å². The Morgan fingerprint density at radius 2 is 1.21 bits per heavy atom. The summed E-state index contributed by atoms with van der Waals surface area (Å²) in [6.45, 7) is 7.59. The summed E-state index contributed by atoms with van der Waals surface area (Å²) >= 11 is 0. The molecule has 0 aromatic rings. The lowest BCUT2D eigenvalue weighted by Crippen LogP contribution is -2.49. The lowest BCUT2D eigenvalue weighted by molar-refractivity contribution is -0.135. The van der Waals surface area contributed by atoms with Crippen molar-refractivity contribution in [3.05, 3.63) is 0 Å². The summed E-state index contributed by atoms with van der Waals surface area (Å²) in [5.74, 6) is -0.0906. The number of aliphatic hydroxyl groups excluding tert-OH is 1. The fraction of sp³-hybridized carbons (Fsp3) is 0.950. The molecule has 1 unspecified atom stereocenters. The van der Waals surface area contributed by atoms with Crippen molar-refractivity contribution >= 4 is 5.91 Å². The zero-order valence-corrected chi connectivity index (χ0v) is 16.4. The Morgan fingerprint density at radius 1 is 0.833 bits per heavy atom. The molecule has 4 nitrogen and oxygen atoms in total. The summed E-state index contributed by atoms with van der Waals surface area (Å²) in [6, 6.07) is -0.787. The minimum absolute atomic E-state index is 0.0906. The molecule has 4 heteroatoms. The van der Waals surface area contributed by atoms with Gasteiger partial charge in [-0.1, -0.05) is 78.1 Å². The van der Waals surface area contributed by atoms with Crippen molar-refractivity contribution < 1.29 is 9.90 Å². The van der Waals surface area contributed by atoms with E-state index < -0.39 is 12.1 Å². The summed E-state index contributed by atoms with van der Waals surface area (Å²) in [5.41, 5.74) is 5.86. The zero-order chi connectivity index (χ0) is 18.2. The van der Waals surface area contributed by atoms with Crippen molar-refractivity contribution in [3.63, 3.8) is 0 Å². The lowest BCUT2D eigenvalue weighted by Gasteiger charge is -2.27. The first-order chi connectivity index (χ1) is 11.5. The van der Waals surface area contributed by atoms with Crippen molar-refractivity contribution in [2.45, 2.75) is 110 Å². The van der Waals surface area contributed by atoms with Gasteiger partial charge in [0.2, 0.25) is 5.91 Å². The SMILES string of the molecule is CCCCCCCCN(CCCCCCCC)C(=O)[C@@H](N)C(C)O. The smallest absolute Gasteiger partial charge is 0.242 e. The molecule has 0 aromatic carbocycles. The van der Waals surface area contributed by atoms with E-state index in [2.05, 4.69) is 13.8 Å². The quantitative estimate of drug-likeness (QED) is 0.412. The van der Waals surface area contributed by atoms with Crippen LogP contribution >= 0.6 is 0 Å². The van der Waals surface area contributed by atoms with Crippen LogP contribution in [-0.4, -0.2) is 41.1 Å². The topological polar surface area (TPSA) is 66.6 Å². The minimum atomic E-state index is -0.787. The van der Waals surface area contributed by atoms with Crippen LogP contribution in [0.25, 0.3) is 0 Å². The van der Waals surface area contributed by atoms with Crippen LogP contribution in [0.4, 0.5) is 0 Å². The van der Waals surface area contributed by atoms with E-state index >= 15 is 0 Å². The van der Waals surface area contributed by atoms with Crippen LogP contribution in [0.3, 0.4) is 0 Å². The Bertz CT molecular complexity index is 279. The van der Waals surface area contributed by atoms with Crippen LogP contribution in [0.1, 0.15) is 97.8 Å². The van der Waals surface area contributed by atoms with E-state index in [1.807, 2.05) is 4.90 Å². The molecule has 1 amide bonds. The normalized spacial score (nSPS) is 13.7. The average Bonchev–Trinajstić information content (AvgIpc) is 2.57. The van der Waals surface area contributed by atoms with Gasteiger partial charge in [0, 0.05) is 13.1 Å². The largest absolute Gasteiger partial charge is 0.391 e. The molecule has 0 bridgehead atoms. The Hall–Kier alpha value is -0.610. The monoisotopic (exact) mass is 342 g/mol. The minimum Gasteiger partial charge on any atom is -0.391 e. The van der Waals surface area contributed by atoms with Crippen molar-refractivity contribution in [1.29, 1.82) is 0 Å². The second-order valence-corrected chi connectivity index (χ2v) is 7.13. The summed E-state index contributed by atoms with van der Waals surface area (Å²) in [4.78, 5) is 14.3. The molecular weight excluding hydrogens is 300 g/mol. The van der Waals surface area contributed by atoms with E-state index in [1.165, 1.54) is 64.2 Å².